The standard InChI is InChI=1S/C11H13BrN2O2/c1-7(12)11(16)14-6-8-2-4-9(5-3-8)10(13)15/h2-5,7H,6H2,1H3,(H2,13,15)(H,14,16). The number of alkyl halides is 1. The van der Waals surface area contributed by atoms with Crippen molar-refractivity contribution >= 4 is 27.7 Å². The largest absolute Gasteiger partial charge is 0.366 e. The minimum atomic E-state index is -0.454. The predicted molar refractivity (Wildman–Crippen MR) is 65.2 cm³/mol. The maximum absolute atomic E-state index is 11.3. The molecule has 3 N–H and O–H groups in total. The van der Waals surface area contributed by atoms with E-state index >= 15 is 0 Å². The molecule has 0 aliphatic rings. The molecule has 1 rings (SSSR count). The molecule has 0 saturated heterocycles. The molecular formula is C11H13BrN2O2. The second kappa shape index (κ2) is 5.65. The number of benzene rings is 1. The summed E-state index contributed by atoms with van der Waals surface area (Å²) >= 11 is 3.17. The van der Waals surface area contributed by atoms with Gasteiger partial charge in [0.1, 0.15) is 0 Å². The van der Waals surface area contributed by atoms with Crippen LogP contribution in [-0.2, 0) is 11.3 Å². The number of carbonyl (C=O) groups excluding carboxylic acids is 2. The number of amides is 2. The van der Waals surface area contributed by atoms with Crippen LogP contribution < -0.4 is 11.1 Å². The Kier molecular flexibility index (Phi) is 4.49. The minimum absolute atomic E-state index is 0.0704. The van der Waals surface area contributed by atoms with Crippen LogP contribution in [0, 0.1) is 0 Å². The zero-order valence-corrected chi connectivity index (χ0v) is 10.5. The molecule has 1 atom stereocenters. The fourth-order valence-corrected chi connectivity index (χ4v) is 1.28. The highest BCUT2D eigenvalue weighted by molar-refractivity contribution is 9.10. The Morgan fingerprint density at radius 3 is 2.38 bits per heavy atom. The van der Waals surface area contributed by atoms with Crippen LogP contribution in [0.15, 0.2) is 24.3 Å². The molecule has 2 amide bonds. The van der Waals surface area contributed by atoms with Gasteiger partial charge in [0.05, 0.1) is 4.83 Å². The van der Waals surface area contributed by atoms with E-state index in [1.165, 1.54) is 0 Å². The molecule has 0 heterocycles. The van der Waals surface area contributed by atoms with Crippen LogP contribution in [-0.4, -0.2) is 16.6 Å². The highest BCUT2D eigenvalue weighted by Crippen LogP contribution is 2.04. The molecule has 86 valence electrons. The number of halogens is 1. The zero-order valence-electron chi connectivity index (χ0n) is 8.87. The van der Waals surface area contributed by atoms with E-state index in [0.29, 0.717) is 12.1 Å². The van der Waals surface area contributed by atoms with Gasteiger partial charge in [-0.2, -0.15) is 0 Å². The summed E-state index contributed by atoms with van der Waals surface area (Å²) in [6, 6.07) is 6.81. The third-order valence-electron chi connectivity index (χ3n) is 2.07. The van der Waals surface area contributed by atoms with Crippen molar-refractivity contribution in [1.82, 2.24) is 5.32 Å². The van der Waals surface area contributed by atoms with Crippen LogP contribution in [0.2, 0.25) is 0 Å². The Morgan fingerprint density at radius 1 is 1.38 bits per heavy atom. The molecule has 4 nitrogen and oxygen atoms in total. The van der Waals surface area contributed by atoms with Gasteiger partial charge in [-0.05, 0) is 24.6 Å². The smallest absolute Gasteiger partial charge is 0.248 e. The van der Waals surface area contributed by atoms with Gasteiger partial charge < -0.3 is 11.1 Å². The summed E-state index contributed by atoms with van der Waals surface area (Å²) in [6.45, 7) is 2.19. The summed E-state index contributed by atoms with van der Waals surface area (Å²) in [4.78, 5) is 21.9. The lowest BCUT2D eigenvalue weighted by Crippen LogP contribution is -2.28. The Balaban J connectivity index is 2.56. The Hall–Kier alpha value is -1.36. The predicted octanol–water partition coefficient (Wildman–Crippen LogP) is 1.19. The Labute approximate surface area is 102 Å². The molecule has 16 heavy (non-hydrogen) atoms. The number of carbonyl (C=O) groups is 2. The van der Waals surface area contributed by atoms with Crippen molar-refractivity contribution in [2.24, 2.45) is 5.73 Å². The molecular weight excluding hydrogens is 272 g/mol. The van der Waals surface area contributed by atoms with Gasteiger partial charge >= 0.3 is 0 Å². The van der Waals surface area contributed by atoms with Crippen LogP contribution in [0.5, 0.6) is 0 Å². The van der Waals surface area contributed by atoms with Crippen LogP contribution in [0.25, 0.3) is 0 Å². The van der Waals surface area contributed by atoms with Crippen LogP contribution in [0.3, 0.4) is 0 Å². The third-order valence-corrected chi connectivity index (χ3v) is 2.48. The van der Waals surface area contributed by atoms with Gasteiger partial charge in [0.15, 0.2) is 0 Å². The monoisotopic (exact) mass is 284 g/mol. The average Bonchev–Trinajstić information content (AvgIpc) is 2.26. The number of rotatable bonds is 4. The van der Waals surface area contributed by atoms with Crippen molar-refractivity contribution in [2.75, 3.05) is 0 Å². The van der Waals surface area contributed by atoms with Crippen molar-refractivity contribution in [2.45, 2.75) is 18.3 Å². The van der Waals surface area contributed by atoms with Gasteiger partial charge in [-0.3, -0.25) is 9.59 Å². The first-order valence-electron chi connectivity index (χ1n) is 4.81. The molecule has 1 aromatic carbocycles. The minimum Gasteiger partial charge on any atom is -0.366 e. The van der Waals surface area contributed by atoms with Crippen LogP contribution in [0.4, 0.5) is 0 Å². The molecule has 1 aromatic rings. The second-order valence-electron chi connectivity index (χ2n) is 3.39. The molecule has 0 fully saturated rings. The van der Waals surface area contributed by atoms with Gasteiger partial charge in [0.2, 0.25) is 11.8 Å². The Bertz CT molecular complexity index is 387. The van der Waals surface area contributed by atoms with Crippen molar-refractivity contribution in [3.05, 3.63) is 35.4 Å². The molecule has 1 unspecified atom stereocenters. The van der Waals surface area contributed by atoms with E-state index in [9.17, 15) is 9.59 Å². The van der Waals surface area contributed by atoms with Gasteiger partial charge in [-0.1, -0.05) is 28.1 Å². The van der Waals surface area contributed by atoms with Gasteiger partial charge in [-0.25, -0.2) is 0 Å². The first kappa shape index (κ1) is 12.7. The van der Waals surface area contributed by atoms with Crippen molar-refractivity contribution < 1.29 is 9.59 Å². The quantitative estimate of drug-likeness (QED) is 0.815. The number of nitrogens with two attached hydrogens (primary N) is 1. The second-order valence-corrected chi connectivity index (χ2v) is 4.77. The maximum atomic E-state index is 11.3. The van der Waals surface area contributed by atoms with Crippen molar-refractivity contribution in [1.29, 1.82) is 0 Å². The number of primary amides is 1. The van der Waals surface area contributed by atoms with E-state index < -0.39 is 5.91 Å². The molecule has 0 aliphatic carbocycles. The topological polar surface area (TPSA) is 72.2 Å². The molecule has 0 aliphatic heterocycles. The lowest BCUT2D eigenvalue weighted by atomic mass is 10.1. The van der Waals surface area contributed by atoms with Crippen molar-refractivity contribution in [3.63, 3.8) is 0 Å². The van der Waals surface area contributed by atoms with E-state index in [2.05, 4.69) is 21.2 Å². The van der Waals surface area contributed by atoms with E-state index in [1.807, 2.05) is 0 Å². The molecule has 0 radical (unpaired) electrons. The van der Waals surface area contributed by atoms with E-state index in [-0.39, 0.29) is 10.7 Å². The van der Waals surface area contributed by atoms with Crippen LogP contribution in [0.1, 0.15) is 22.8 Å². The fraction of sp³-hybridized carbons (Fsp3) is 0.273. The summed E-state index contributed by atoms with van der Waals surface area (Å²) in [7, 11) is 0. The Morgan fingerprint density at radius 2 is 1.94 bits per heavy atom. The van der Waals surface area contributed by atoms with E-state index in [1.54, 1.807) is 31.2 Å². The molecule has 0 aromatic heterocycles. The normalized spacial score (nSPS) is 11.9. The summed E-state index contributed by atoms with van der Waals surface area (Å²) in [5, 5.41) is 2.75. The fourth-order valence-electron chi connectivity index (χ4n) is 1.12. The molecule has 0 spiro atoms. The maximum Gasteiger partial charge on any atom is 0.248 e. The summed E-state index contributed by atoms with van der Waals surface area (Å²) in [5.41, 5.74) is 6.50. The third kappa shape index (κ3) is 3.66. The highest BCUT2D eigenvalue weighted by Gasteiger charge is 2.07. The van der Waals surface area contributed by atoms with Gasteiger partial charge in [0, 0.05) is 12.1 Å². The average molecular weight is 285 g/mol. The lowest BCUT2D eigenvalue weighted by molar-refractivity contribution is -0.120. The number of hydrogen-bond donors (Lipinski definition) is 2. The molecule has 5 heteroatoms. The van der Waals surface area contributed by atoms with E-state index in [4.69, 9.17) is 5.73 Å². The SMILES string of the molecule is CC(Br)C(=O)NCc1ccc(C(N)=O)cc1. The van der Waals surface area contributed by atoms with Crippen LogP contribution >= 0.6 is 15.9 Å². The van der Waals surface area contributed by atoms with Crippen molar-refractivity contribution in [3.8, 4) is 0 Å². The first-order chi connectivity index (χ1) is 7.50. The number of hydrogen-bond acceptors (Lipinski definition) is 2. The highest BCUT2D eigenvalue weighted by atomic mass is 79.9. The van der Waals surface area contributed by atoms with E-state index in [0.717, 1.165) is 5.56 Å². The lowest BCUT2D eigenvalue weighted by Gasteiger charge is -2.06. The van der Waals surface area contributed by atoms with Gasteiger partial charge in [-0.15, -0.1) is 0 Å². The zero-order chi connectivity index (χ0) is 12.1. The molecule has 0 bridgehead atoms. The number of nitrogens with one attached hydrogen (secondary N) is 1. The first-order valence-corrected chi connectivity index (χ1v) is 5.73. The molecule has 0 saturated carbocycles. The summed E-state index contributed by atoms with van der Waals surface area (Å²) in [6.07, 6.45) is 0. The summed E-state index contributed by atoms with van der Waals surface area (Å²) < 4.78 is 0. The van der Waals surface area contributed by atoms with Gasteiger partial charge in [0.25, 0.3) is 0 Å². The summed E-state index contributed by atoms with van der Waals surface area (Å²) in [5.74, 6) is -0.524.